The molecule has 1 fully saturated rings. The Balaban J connectivity index is 2.15. The van der Waals surface area contributed by atoms with Crippen molar-refractivity contribution in [3.63, 3.8) is 0 Å². The van der Waals surface area contributed by atoms with E-state index in [9.17, 15) is 4.79 Å². The summed E-state index contributed by atoms with van der Waals surface area (Å²) in [5, 5.41) is 7.31. The molecule has 1 aromatic rings. The third kappa shape index (κ3) is 2.15. The Morgan fingerprint density at radius 2 is 2.33 bits per heavy atom. The molecule has 0 bridgehead atoms. The molecule has 0 radical (unpaired) electrons. The molecule has 82 valence electrons. The standard InChI is InChI=1S/C10H14ClN3O/c1-10(3-4-10)6-12-7-5-13-14(2)9(15)8(7)11/h5,12H,3-4,6H2,1-2H3. The van der Waals surface area contributed by atoms with Crippen LogP contribution in [-0.4, -0.2) is 16.3 Å². The Labute approximate surface area is 93.2 Å². The molecular weight excluding hydrogens is 214 g/mol. The summed E-state index contributed by atoms with van der Waals surface area (Å²) >= 11 is 5.91. The van der Waals surface area contributed by atoms with Crippen LogP contribution in [0, 0.1) is 5.41 Å². The minimum Gasteiger partial charge on any atom is -0.382 e. The molecule has 0 aliphatic heterocycles. The lowest BCUT2D eigenvalue weighted by molar-refractivity contribution is 0.609. The van der Waals surface area contributed by atoms with Gasteiger partial charge in [0.1, 0.15) is 5.02 Å². The van der Waals surface area contributed by atoms with E-state index in [1.807, 2.05) is 0 Å². The van der Waals surface area contributed by atoms with Gasteiger partial charge in [-0.05, 0) is 18.3 Å². The van der Waals surface area contributed by atoms with Gasteiger partial charge in [0.15, 0.2) is 0 Å². The highest BCUT2D eigenvalue weighted by molar-refractivity contribution is 6.32. The second-order valence-corrected chi connectivity index (χ2v) is 4.84. The van der Waals surface area contributed by atoms with Gasteiger partial charge in [0.2, 0.25) is 0 Å². The Hall–Kier alpha value is -1.03. The second-order valence-electron chi connectivity index (χ2n) is 4.47. The first kappa shape index (κ1) is 10.5. The van der Waals surface area contributed by atoms with Gasteiger partial charge in [-0.15, -0.1) is 0 Å². The summed E-state index contributed by atoms with van der Waals surface area (Å²) in [5.74, 6) is 0. The predicted octanol–water partition coefficient (Wildman–Crippen LogP) is 1.65. The maximum absolute atomic E-state index is 11.5. The minimum absolute atomic E-state index is 0.219. The van der Waals surface area contributed by atoms with Crippen LogP contribution in [0.4, 0.5) is 5.69 Å². The van der Waals surface area contributed by atoms with Crippen LogP contribution in [0.3, 0.4) is 0 Å². The van der Waals surface area contributed by atoms with Crippen LogP contribution >= 0.6 is 11.6 Å². The van der Waals surface area contributed by atoms with E-state index >= 15 is 0 Å². The monoisotopic (exact) mass is 227 g/mol. The van der Waals surface area contributed by atoms with Gasteiger partial charge in [-0.25, -0.2) is 4.68 Å². The van der Waals surface area contributed by atoms with Crippen molar-refractivity contribution in [2.24, 2.45) is 12.5 Å². The highest BCUT2D eigenvalue weighted by atomic mass is 35.5. The van der Waals surface area contributed by atoms with E-state index in [0.29, 0.717) is 11.1 Å². The van der Waals surface area contributed by atoms with Crippen LogP contribution in [0.2, 0.25) is 5.02 Å². The molecule has 1 heterocycles. The topological polar surface area (TPSA) is 46.9 Å². The Morgan fingerprint density at radius 1 is 1.67 bits per heavy atom. The zero-order valence-corrected chi connectivity index (χ0v) is 9.64. The fourth-order valence-corrected chi connectivity index (χ4v) is 1.57. The molecule has 1 aliphatic carbocycles. The largest absolute Gasteiger partial charge is 0.382 e. The number of hydrogen-bond acceptors (Lipinski definition) is 3. The van der Waals surface area contributed by atoms with Crippen LogP contribution in [-0.2, 0) is 7.05 Å². The van der Waals surface area contributed by atoms with Crippen molar-refractivity contribution in [1.29, 1.82) is 0 Å². The highest BCUT2D eigenvalue weighted by Crippen LogP contribution is 2.44. The molecule has 0 saturated heterocycles. The van der Waals surface area contributed by atoms with Gasteiger partial charge in [-0.1, -0.05) is 18.5 Å². The molecule has 15 heavy (non-hydrogen) atoms. The zero-order chi connectivity index (χ0) is 11.1. The van der Waals surface area contributed by atoms with Gasteiger partial charge in [0.25, 0.3) is 5.56 Å². The zero-order valence-electron chi connectivity index (χ0n) is 8.88. The van der Waals surface area contributed by atoms with Crippen molar-refractivity contribution in [2.75, 3.05) is 11.9 Å². The molecule has 5 heteroatoms. The van der Waals surface area contributed by atoms with E-state index in [2.05, 4.69) is 17.3 Å². The SMILES string of the molecule is Cn1ncc(NCC2(C)CC2)c(Cl)c1=O. The average Bonchev–Trinajstić information content (AvgIpc) is 2.93. The first-order valence-electron chi connectivity index (χ1n) is 4.98. The molecule has 1 N–H and O–H groups in total. The summed E-state index contributed by atoms with van der Waals surface area (Å²) in [6.07, 6.45) is 4.06. The van der Waals surface area contributed by atoms with Gasteiger partial charge >= 0.3 is 0 Å². The third-order valence-corrected chi connectivity index (χ3v) is 3.25. The van der Waals surface area contributed by atoms with E-state index < -0.39 is 0 Å². The van der Waals surface area contributed by atoms with Crippen LogP contribution in [0.5, 0.6) is 0 Å². The van der Waals surface area contributed by atoms with Gasteiger partial charge < -0.3 is 5.32 Å². The lowest BCUT2D eigenvalue weighted by atomic mass is 10.1. The number of halogens is 1. The lowest BCUT2D eigenvalue weighted by Crippen LogP contribution is -2.22. The average molecular weight is 228 g/mol. The fraction of sp³-hybridized carbons (Fsp3) is 0.600. The first-order valence-corrected chi connectivity index (χ1v) is 5.35. The minimum atomic E-state index is -0.261. The number of nitrogens with zero attached hydrogens (tertiary/aromatic N) is 2. The van der Waals surface area contributed by atoms with Crippen LogP contribution in [0.1, 0.15) is 19.8 Å². The molecule has 2 rings (SSSR count). The Bertz CT molecular complexity index is 437. The summed E-state index contributed by atoms with van der Waals surface area (Å²) in [6, 6.07) is 0. The summed E-state index contributed by atoms with van der Waals surface area (Å²) in [5.41, 5.74) is 0.750. The van der Waals surface area contributed by atoms with Gasteiger partial charge in [0, 0.05) is 13.6 Å². The number of nitrogens with one attached hydrogen (secondary N) is 1. The summed E-state index contributed by atoms with van der Waals surface area (Å²) in [7, 11) is 1.58. The normalized spacial score (nSPS) is 17.5. The molecule has 0 amide bonds. The maximum atomic E-state index is 11.5. The van der Waals surface area contributed by atoms with Gasteiger partial charge in [-0.2, -0.15) is 5.10 Å². The number of rotatable bonds is 3. The molecule has 1 aromatic heterocycles. The quantitative estimate of drug-likeness (QED) is 0.854. The lowest BCUT2D eigenvalue weighted by Gasteiger charge is -2.12. The van der Waals surface area contributed by atoms with E-state index in [-0.39, 0.29) is 10.6 Å². The molecular formula is C10H14ClN3O. The number of aryl methyl sites for hydroxylation is 1. The van der Waals surface area contributed by atoms with Crippen molar-refractivity contribution >= 4 is 17.3 Å². The second kappa shape index (κ2) is 3.52. The van der Waals surface area contributed by atoms with Crippen molar-refractivity contribution in [3.05, 3.63) is 21.6 Å². The van der Waals surface area contributed by atoms with E-state index in [1.165, 1.54) is 17.5 Å². The van der Waals surface area contributed by atoms with E-state index in [4.69, 9.17) is 11.6 Å². The molecule has 1 saturated carbocycles. The summed E-state index contributed by atoms with van der Waals surface area (Å²) in [6.45, 7) is 3.06. The first-order chi connectivity index (χ1) is 7.02. The predicted molar refractivity (Wildman–Crippen MR) is 60.3 cm³/mol. The number of aromatic nitrogens is 2. The van der Waals surface area contributed by atoms with Crippen molar-refractivity contribution < 1.29 is 0 Å². The molecule has 0 spiro atoms. The molecule has 1 aliphatic rings. The van der Waals surface area contributed by atoms with Crippen molar-refractivity contribution in [2.45, 2.75) is 19.8 Å². The smallest absolute Gasteiger partial charge is 0.287 e. The van der Waals surface area contributed by atoms with Crippen LogP contribution in [0.25, 0.3) is 0 Å². The van der Waals surface area contributed by atoms with Crippen molar-refractivity contribution in [1.82, 2.24) is 9.78 Å². The highest BCUT2D eigenvalue weighted by Gasteiger charge is 2.36. The third-order valence-electron chi connectivity index (χ3n) is 2.89. The molecule has 0 aromatic carbocycles. The molecule has 0 unspecified atom stereocenters. The van der Waals surface area contributed by atoms with E-state index in [1.54, 1.807) is 13.2 Å². The van der Waals surface area contributed by atoms with Crippen LogP contribution < -0.4 is 10.9 Å². The molecule has 0 atom stereocenters. The van der Waals surface area contributed by atoms with E-state index in [0.717, 1.165) is 6.54 Å². The summed E-state index contributed by atoms with van der Waals surface area (Å²) in [4.78, 5) is 11.5. The van der Waals surface area contributed by atoms with Gasteiger partial charge in [-0.3, -0.25) is 4.79 Å². The Morgan fingerprint density at radius 3 is 2.93 bits per heavy atom. The number of anilines is 1. The maximum Gasteiger partial charge on any atom is 0.287 e. The van der Waals surface area contributed by atoms with Gasteiger partial charge in [0.05, 0.1) is 11.9 Å². The van der Waals surface area contributed by atoms with Crippen molar-refractivity contribution in [3.8, 4) is 0 Å². The molecule has 4 nitrogen and oxygen atoms in total. The number of hydrogen-bond donors (Lipinski definition) is 1. The fourth-order valence-electron chi connectivity index (χ4n) is 1.33. The Kier molecular flexibility index (Phi) is 2.46. The summed E-state index contributed by atoms with van der Waals surface area (Å²) < 4.78 is 1.23. The van der Waals surface area contributed by atoms with Crippen LogP contribution in [0.15, 0.2) is 11.0 Å².